The molecule has 4 atom stereocenters. The Labute approximate surface area is 227 Å². The number of aliphatic hydroxyl groups is 1. The van der Waals surface area contributed by atoms with Crippen molar-refractivity contribution in [2.24, 2.45) is 22.2 Å². The lowest BCUT2D eigenvalue weighted by atomic mass is 9.77. The fourth-order valence-corrected chi connectivity index (χ4v) is 9.39. The minimum Gasteiger partial charge on any atom is -0.511 e. The van der Waals surface area contributed by atoms with Gasteiger partial charge < -0.3 is 15.3 Å². The number of anilines is 1. The molecule has 3 heterocycles. The van der Waals surface area contributed by atoms with Crippen molar-refractivity contribution in [3.8, 4) is 0 Å². The number of benzene rings is 1. The smallest absolute Gasteiger partial charge is 0.287 e. The Morgan fingerprint density at radius 2 is 1.97 bits per heavy atom. The summed E-state index contributed by atoms with van der Waals surface area (Å²) in [5.41, 5.74) is -0.0167. The largest absolute Gasteiger partial charge is 0.511 e. The predicted molar refractivity (Wildman–Crippen MR) is 139 cm³/mol. The first-order valence-corrected chi connectivity index (χ1v) is 16.4. The lowest BCUT2D eigenvalue weighted by molar-refractivity contribution is -0.134. The van der Waals surface area contributed by atoms with E-state index in [1.54, 1.807) is 0 Å². The molecule has 2 fully saturated rings. The summed E-state index contributed by atoms with van der Waals surface area (Å²) in [4.78, 5) is 15.1. The number of hydrogen-bond donors (Lipinski definition) is 3. The highest BCUT2D eigenvalue weighted by Gasteiger charge is 2.57. The van der Waals surface area contributed by atoms with Gasteiger partial charge in [-0.2, -0.15) is 8.42 Å². The van der Waals surface area contributed by atoms with E-state index in [1.807, 2.05) is 0 Å². The van der Waals surface area contributed by atoms with Gasteiger partial charge in [-0.05, 0) is 42.5 Å². The number of halogens is 2. The van der Waals surface area contributed by atoms with Crippen LogP contribution >= 0.6 is 11.3 Å². The molecule has 2 aliphatic carbocycles. The van der Waals surface area contributed by atoms with Crippen molar-refractivity contribution in [1.29, 1.82) is 0 Å². The minimum absolute atomic E-state index is 0.0652. The number of aliphatic hydroxyl groups excluding tert-OH is 1. The van der Waals surface area contributed by atoms with Crippen LogP contribution in [0.2, 0.25) is 0 Å². The Morgan fingerprint density at radius 1 is 1.23 bits per heavy atom. The van der Waals surface area contributed by atoms with Gasteiger partial charge in [0, 0.05) is 42.2 Å². The van der Waals surface area contributed by atoms with Crippen LogP contribution in [0.3, 0.4) is 0 Å². The highest BCUT2D eigenvalue weighted by atomic mass is 32.2. The second-order valence-electron chi connectivity index (χ2n) is 10.3. The van der Waals surface area contributed by atoms with Crippen LogP contribution in [0.4, 0.5) is 13.8 Å². The molecule has 2 aromatic rings. The molecule has 0 spiro atoms. The van der Waals surface area contributed by atoms with Crippen molar-refractivity contribution in [1.82, 2.24) is 9.62 Å². The van der Waals surface area contributed by atoms with Gasteiger partial charge in [-0.15, -0.1) is 15.7 Å². The second kappa shape index (κ2) is 9.08. The molecule has 0 saturated heterocycles. The van der Waals surface area contributed by atoms with Crippen LogP contribution in [0.15, 0.2) is 44.2 Å². The van der Waals surface area contributed by atoms with Crippen molar-refractivity contribution in [2.45, 2.75) is 43.3 Å². The Balaban J connectivity index is 1.40. The molecule has 15 heteroatoms. The van der Waals surface area contributed by atoms with Crippen molar-refractivity contribution >= 4 is 48.1 Å². The molecule has 6 rings (SSSR count). The average Bonchev–Trinajstić information content (AvgIpc) is 3.56. The molecule has 208 valence electrons. The normalized spacial score (nSPS) is 27.3. The van der Waals surface area contributed by atoms with Gasteiger partial charge in [0.1, 0.15) is 32.9 Å². The first-order valence-electron chi connectivity index (χ1n) is 12.2. The van der Waals surface area contributed by atoms with Crippen molar-refractivity contribution in [3.63, 3.8) is 0 Å². The molecule has 2 saturated carbocycles. The topological polar surface area (TPSA) is 145 Å². The third-order valence-electron chi connectivity index (χ3n) is 7.91. The number of carbonyl (C=O) groups excluding carboxylic acids is 1. The molecule has 39 heavy (non-hydrogen) atoms. The van der Waals surface area contributed by atoms with E-state index in [0.717, 1.165) is 49.0 Å². The lowest BCUT2D eigenvalue weighted by Crippen LogP contribution is -2.53. The van der Waals surface area contributed by atoms with E-state index in [9.17, 15) is 35.5 Å². The molecule has 2 aliphatic heterocycles. The van der Waals surface area contributed by atoms with E-state index in [0.29, 0.717) is 0 Å². The molecule has 0 unspecified atom stereocenters. The second-order valence-corrected chi connectivity index (χ2v) is 14.6. The summed E-state index contributed by atoms with van der Waals surface area (Å²) >= 11 is 0.993. The van der Waals surface area contributed by atoms with E-state index in [2.05, 4.69) is 14.4 Å². The molecule has 3 N–H and O–H groups in total. The summed E-state index contributed by atoms with van der Waals surface area (Å²) < 4.78 is 83.7. The van der Waals surface area contributed by atoms with E-state index < -0.39 is 49.5 Å². The van der Waals surface area contributed by atoms with Gasteiger partial charge in [-0.1, -0.05) is 6.07 Å². The first-order chi connectivity index (χ1) is 18.3. The SMILES string of the molecule is CS(=O)(=O)NCc1csc2c1S(=O)(=O)N=C(C1=C(O)[C@@H]3[C@H]4CC[C@H](C4)[C@@H]3N(Cc3ccc(F)cc3F)C1=O)N2. The molecule has 10 nitrogen and oxygen atoms in total. The van der Waals surface area contributed by atoms with Crippen molar-refractivity contribution in [3.05, 3.63) is 57.7 Å². The predicted octanol–water partition coefficient (Wildman–Crippen LogP) is 2.86. The standard InChI is InChI=1S/C24H24F2N4O6S3/c1-38(33,34)27-8-14-10-37-23-21(14)39(35,36)29-22(28-23)18-20(31)17-11-2-3-12(6-11)19(17)30(24(18)32)9-13-4-5-15(25)7-16(13)26/h4-5,7,10-12,17,19,27,31H,2-3,6,8-9H2,1H3,(H,28,29)/t11-,12+,17+,19-/m0/s1. The molecule has 1 aromatic heterocycles. The molecule has 1 aromatic carbocycles. The van der Waals surface area contributed by atoms with Crippen molar-refractivity contribution < 1.29 is 35.5 Å². The van der Waals surface area contributed by atoms with Gasteiger partial charge >= 0.3 is 0 Å². The number of sulfonamides is 2. The van der Waals surface area contributed by atoms with Crippen LogP contribution in [0.1, 0.15) is 30.4 Å². The Morgan fingerprint density at radius 3 is 2.69 bits per heavy atom. The van der Waals surface area contributed by atoms with E-state index in [1.165, 1.54) is 16.3 Å². The summed E-state index contributed by atoms with van der Waals surface area (Å²) in [6, 6.07) is 2.71. The molecular weight excluding hydrogens is 574 g/mol. The maximum absolute atomic E-state index is 14.6. The number of fused-ring (bicyclic) bond motifs is 6. The zero-order valence-electron chi connectivity index (χ0n) is 20.5. The number of carbonyl (C=O) groups is 1. The zero-order chi connectivity index (χ0) is 27.9. The quantitative estimate of drug-likeness (QED) is 0.464. The number of rotatable bonds is 6. The van der Waals surface area contributed by atoms with E-state index in [-0.39, 0.29) is 63.1 Å². The van der Waals surface area contributed by atoms with Crippen LogP contribution < -0.4 is 10.0 Å². The number of amidine groups is 1. The lowest BCUT2D eigenvalue weighted by Gasteiger charge is -2.44. The summed E-state index contributed by atoms with van der Waals surface area (Å²) in [6.07, 6.45) is 3.40. The zero-order valence-corrected chi connectivity index (χ0v) is 23.0. The Hall–Kier alpha value is -2.88. The van der Waals surface area contributed by atoms with Gasteiger partial charge in [0.05, 0.1) is 6.26 Å². The minimum atomic E-state index is -4.38. The molecule has 4 aliphatic rings. The van der Waals surface area contributed by atoms with E-state index in [4.69, 9.17) is 0 Å². The summed E-state index contributed by atoms with van der Waals surface area (Å²) in [5.74, 6) is -3.16. The highest BCUT2D eigenvalue weighted by Crippen LogP contribution is 2.55. The summed E-state index contributed by atoms with van der Waals surface area (Å²) in [6.45, 7) is -0.454. The van der Waals surface area contributed by atoms with Crippen LogP contribution in [0.5, 0.6) is 0 Å². The number of nitrogens with zero attached hydrogens (tertiary/aromatic N) is 2. The first kappa shape index (κ1) is 26.3. The maximum atomic E-state index is 14.6. The van der Waals surface area contributed by atoms with E-state index >= 15 is 0 Å². The van der Waals surface area contributed by atoms with Gasteiger partial charge in [-0.25, -0.2) is 21.9 Å². The maximum Gasteiger partial charge on any atom is 0.287 e. The van der Waals surface area contributed by atoms with Crippen LogP contribution in [0.25, 0.3) is 0 Å². The number of hydrogen-bond acceptors (Lipinski definition) is 8. The molecule has 0 radical (unpaired) electrons. The van der Waals surface area contributed by atoms with Gasteiger partial charge in [-0.3, -0.25) is 4.79 Å². The van der Waals surface area contributed by atoms with Gasteiger partial charge in [0.2, 0.25) is 10.0 Å². The van der Waals surface area contributed by atoms with Crippen molar-refractivity contribution in [2.75, 3.05) is 11.6 Å². The van der Waals surface area contributed by atoms with Gasteiger partial charge in [0.15, 0.2) is 5.84 Å². The number of thiophene rings is 1. The monoisotopic (exact) mass is 598 g/mol. The third kappa shape index (κ3) is 4.44. The highest BCUT2D eigenvalue weighted by molar-refractivity contribution is 7.91. The molecular formula is C24H24F2N4O6S3. The Kier molecular flexibility index (Phi) is 6.13. The molecule has 2 bridgehead atoms. The van der Waals surface area contributed by atoms with Crippen LogP contribution in [0, 0.1) is 29.4 Å². The Bertz CT molecular complexity index is 1680. The number of nitrogens with one attached hydrogen (secondary N) is 2. The van der Waals surface area contributed by atoms with Crippen LogP contribution in [-0.4, -0.2) is 50.9 Å². The fraction of sp³-hybridized carbons (Fsp3) is 0.417. The van der Waals surface area contributed by atoms with Gasteiger partial charge in [0.25, 0.3) is 15.9 Å². The average molecular weight is 599 g/mol. The summed E-state index contributed by atoms with van der Waals surface area (Å²) in [7, 11) is -7.97. The fourth-order valence-electron chi connectivity index (χ4n) is 6.37. The number of amides is 1. The molecule has 1 amide bonds. The summed E-state index contributed by atoms with van der Waals surface area (Å²) in [5, 5.41) is 15.8. The van der Waals surface area contributed by atoms with Crippen LogP contribution in [-0.2, 0) is 37.9 Å². The third-order valence-corrected chi connectivity index (χ3v) is 11.1.